The molecule has 13 heteroatoms. The third-order valence-electron chi connectivity index (χ3n) is 12.9. The van der Waals surface area contributed by atoms with E-state index >= 15 is 0 Å². The summed E-state index contributed by atoms with van der Waals surface area (Å²) in [5.41, 5.74) is -1.99. The van der Waals surface area contributed by atoms with E-state index in [-0.39, 0.29) is 42.7 Å². The molecule has 2 saturated heterocycles. The number of urea groups is 2. The third kappa shape index (κ3) is 14.9. The predicted octanol–water partition coefficient (Wildman–Crippen LogP) is 7.83. The molecule has 5 rings (SSSR count). The Hall–Kier alpha value is -2.61. The van der Waals surface area contributed by atoms with Crippen LogP contribution >= 0.6 is 0 Å². The molecule has 5 N–H and O–H groups in total. The van der Waals surface area contributed by atoms with Gasteiger partial charge in [0.25, 0.3) is 0 Å². The second-order valence-corrected chi connectivity index (χ2v) is 17.3. The molecule has 4 aliphatic rings. The maximum atomic E-state index is 14.9. The zero-order valence-electron chi connectivity index (χ0n) is 35.3. The molecule has 0 aromatic heterocycles. The van der Waals surface area contributed by atoms with Crippen LogP contribution in [-0.4, -0.2) is 106 Å². The molecule has 4 fully saturated rings. The monoisotopic (exact) mass is 809 g/mol. The van der Waals surface area contributed by atoms with Crippen LogP contribution in [0.15, 0.2) is 12.1 Å². The Morgan fingerprint density at radius 1 is 0.737 bits per heavy atom. The number of carbonyl (C=O) groups is 2. The number of hydrogen-bond acceptors (Lipinski definition) is 6. The molecule has 4 amide bonds. The predicted molar refractivity (Wildman–Crippen MR) is 221 cm³/mol. The first kappa shape index (κ1) is 47.1. The van der Waals surface area contributed by atoms with Crippen LogP contribution in [0.4, 0.5) is 22.8 Å². The molecule has 0 unspecified atom stereocenters. The van der Waals surface area contributed by atoms with Crippen molar-refractivity contribution in [1.82, 2.24) is 31.1 Å². The largest absolute Gasteiger partial charge is 0.385 e. The van der Waals surface area contributed by atoms with Crippen molar-refractivity contribution in [2.45, 2.75) is 146 Å². The van der Waals surface area contributed by atoms with Gasteiger partial charge in [-0.3, -0.25) is 0 Å². The molecule has 2 aliphatic carbocycles. The number of rotatable bonds is 17. The number of halogens is 3. The van der Waals surface area contributed by atoms with Gasteiger partial charge in [0.05, 0.1) is 5.60 Å². The quantitative estimate of drug-likeness (QED) is 0.0810. The summed E-state index contributed by atoms with van der Waals surface area (Å²) < 4.78 is 47.9. The number of amides is 4. The standard InChI is InChI=1S/C28H44F3N3O3.C16H31N3O/c1-32-18-22(17-20-9-4-3-5-10-20)33-27(35)34-15-8-11-21(19-34)28(36,14-6-7-16-37-2)23-12-13-24(29)26(31)25(23)30;1-17-13-15(12-14-8-4-2-5-9-14)18-16(20)19-10-6-3-7-11-19/h12-13,20-22,32,36H,3-11,14-19H2,1-2H3,(H,33,35);14-15,17H,2-13H2,1H3,(H,18,20)/t21-,22+,28+;15-/m10/s1. The number of nitrogens with one attached hydrogen (secondary N) is 4. The third-order valence-corrected chi connectivity index (χ3v) is 12.9. The van der Waals surface area contributed by atoms with E-state index in [1.807, 2.05) is 19.0 Å². The number of piperidine rings is 2. The molecular weight excluding hydrogens is 734 g/mol. The Balaban J connectivity index is 0.000000302. The van der Waals surface area contributed by atoms with Crippen molar-refractivity contribution in [3.05, 3.63) is 35.1 Å². The number of ether oxygens (including phenoxy) is 1. The minimum Gasteiger partial charge on any atom is -0.385 e. The number of methoxy groups -OCH3 is 1. The topological polar surface area (TPSA) is 118 Å². The number of likely N-dealkylation sites (N-methyl/N-ethyl adjacent to an activating group) is 2. The van der Waals surface area contributed by atoms with Gasteiger partial charge in [-0.25, -0.2) is 22.8 Å². The SMILES string of the molecule is CNC[C@H](CC1CCCCC1)NC(=O)N1CCCCC1.CNC[C@H](CC1CCCCC1)NC(=O)N1CCC[C@@H]([C@@](O)(CCCCOC)c2ccc(F)c(F)c2F)C1. The Kier molecular flexibility index (Phi) is 20.7. The van der Waals surface area contributed by atoms with Crippen molar-refractivity contribution in [2.75, 3.05) is 67.1 Å². The fourth-order valence-electron chi connectivity index (χ4n) is 9.77. The maximum absolute atomic E-state index is 14.9. The highest BCUT2D eigenvalue weighted by molar-refractivity contribution is 5.75. The first-order valence-corrected chi connectivity index (χ1v) is 22.3. The van der Waals surface area contributed by atoms with Crippen molar-refractivity contribution in [3.63, 3.8) is 0 Å². The summed E-state index contributed by atoms with van der Waals surface area (Å²) in [5.74, 6) is -3.34. The van der Waals surface area contributed by atoms with E-state index in [0.717, 1.165) is 63.4 Å². The summed E-state index contributed by atoms with van der Waals surface area (Å²) in [6.45, 7) is 4.63. The highest BCUT2D eigenvalue weighted by atomic mass is 19.2. The summed E-state index contributed by atoms with van der Waals surface area (Å²) in [6.07, 6.45) is 21.1. The van der Waals surface area contributed by atoms with Gasteiger partial charge in [0.1, 0.15) is 0 Å². The van der Waals surface area contributed by atoms with Crippen LogP contribution in [-0.2, 0) is 10.3 Å². The number of benzene rings is 1. The molecule has 2 aliphatic heterocycles. The van der Waals surface area contributed by atoms with E-state index in [9.17, 15) is 27.9 Å². The van der Waals surface area contributed by atoms with Crippen molar-refractivity contribution in [1.29, 1.82) is 0 Å². The molecule has 2 heterocycles. The summed E-state index contributed by atoms with van der Waals surface area (Å²) in [5, 5.41) is 24.7. The minimum absolute atomic E-state index is 0.00228. The van der Waals surface area contributed by atoms with Gasteiger partial charge in [-0.1, -0.05) is 70.3 Å². The molecule has 57 heavy (non-hydrogen) atoms. The van der Waals surface area contributed by atoms with Gasteiger partial charge >= 0.3 is 12.1 Å². The van der Waals surface area contributed by atoms with E-state index in [1.54, 1.807) is 12.0 Å². The second-order valence-electron chi connectivity index (χ2n) is 17.3. The molecule has 0 bridgehead atoms. The van der Waals surface area contributed by atoms with E-state index in [1.165, 1.54) is 70.6 Å². The fourth-order valence-corrected chi connectivity index (χ4v) is 9.77. The highest BCUT2D eigenvalue weighted by Gasteiger charge is 2.44. The highest BCUT2D eigenvalue weighted by Crippen LogP contribution is 2.41. The first-order valence-electron chi connectivity index (χ1n) is 22.3. The summed E-state index contributed by atoms with van der Waals surface area (Å²) in [6, 6.07) is 2.23. The summed E-state index contributed by atoms with van der Waals surface area (Å²) in [4.78, 5) is 29.3. The van der Waals surface area contributed by atoms with Crippen LogP contribution in [0.1, 0.15) is 134 Å². The van der Waals surface area contributed by atoms with Crippen LogP contribution in [0.3, 0.4) is 0 Å². The Bertz CT molecular complexity index is 1330. The molecule has 0 radical (unpaired) electrons. The zero-order valence-corrected chi connectivity index (χ0v) is 35.3. The number of nitrogens with zero attached hydrogens (tertiary/aromatic N) is 2. The Labute approximate surface area is 341 Å². The van der Waals surface area contributed by atoms with E-state index in [4.69, 9.17) is 4.74 Å². The van der Waals surface area contributed by atoms with E-state index < -0.39 is 29.0 Å². The smallest absolute Gasteiger partial charge is 0.317 e. The van der Waals surface area contributed by atoms with Crippen LogP contribution in [0.5, 0.6) is 0 Å². The molecular formula is C44H75F3N6O4. The molecule has 326 valence electrons. The minimum atomic E-state index is -1.74. The fraction of sp³-hybridized carbons (Fsp3) is 0.818. The summed E-state index contributed by atoms with van der Waals surface area (Å²) in [7, 11) is 5.42. The number of aliphatic hydroxyl groups is 1. The molecule has 2 saturated carbocycles. The van der Waals surface area contributed by atoms with Crippen LogP contribution in [0.2, 0.25) is 0 Å². The normalized spacial score (nSPS) is 21.8. The number of unbranched alkanes of at least 4 members (excludes halogenated alkanes) is 1. The average Bonchev–Trinajstić information content (AvgIpc) is 3.23. The van der Waals surface area contributed by atoms with Crippen LogP contribution < -0.4 is 21.3 Å². The Morgan fingerprint density at radius 2 is 1.26 bits per heavy atom. The number of hydrogen-bond donors (Lipinski definition) is 5. The van der Waals surface area contributed by atoms with Gasteiger partial charge in [-0.2, -0.15) is 0 Å². The lowest BCUT2D eigenvalue weighted by atomic mass is 9.74. The van der Waals surface area contributed by atoms with Crippen molar-refractivity contribution >= 4 is 12.1 Å². The van der Waals surface area contributed by atoms with Gasteiger partial charge in [-0.15, -0.1) is 0 Å². The van der Waals surface area contributed by atoms with Gasteiger partial charge in [0.2, 0.25) is 0 Å². The van der Waals surface area contributed by atoms with E-state index in [0.29, 0.717) is 51.3 Å². The number of likely N-dealkylation sites (tertiary alicyclic amines) is 2. The van der Waals surface area contributed by atoms with Gasteiger partial charge < -0.3 is 40.9 Å². The average molecular weight is 809 g/mol. The lowest BCUT2D eigenvalue weighted by Crippen LogP contribution is -2.54. The van der Waals surface area contributed by atoms with Gasteiger partial charge in [0.15, 0.2) is 17.5 Å². The van der Waals surface area contributed by atoms with Crippen LogP contribution in [0, 0.1) is 35.2 Å². The summed E-state index contributed by atoms with van der Waals surface area (Å²) >= 11 is 0. The molecule has 1 aromatic carbocycles. The lowest BCUT2D eigenvalue weighted by molar-refractivity contribution is -0.0592. The van der Waals surface area contributed by atoms with E-state index in [2.05, 4.69) is 21.3 Å². The van der Waals surface area contributed by atoms with Gasteiger partial charge in [-0.05, 0) is 96.2 Å². The zero-order chi connectivity index (χ0) is 41.0. The van der Waals surface area contributed by atoms with Crippen LogP contribution in [0.25, 0.3) is 0 Å². The molecule has 4 atom stereocenters. The molecule has 0 spiro atoms. The molecule has 10 nitrogen and oxygen atoms in total. The maximum Gasteiger partial charge on any atom is 0.317 e. The molecule has 1 aromatic rings. The number of carbonyl (C=O) groups excluding carboxylic acids is 2. The first-order chi connectivity index (χ1) is 27.6. The van der Waals surface area contributed by atoms with Crippen molar-refractivity contribution in [2.24, 2.45) is 17.8 Å². The van der Waals surface area contributed by atoms with Crippen molar-refractivity contribution in [3.8, 4) is 0 Å². The van der Waals surface area contributed by atoms with Gasteiger partial charge in [0, 0.05) is 76.6 Å². The van der Waals surface area contributed by atoms with Crippen molar-refractivity contribution < 1.29 is 32.6 Å². The lowest BCUT2D eigenvalue weighted by Gasteiger charge is -2.43. The Morgan fingerprint density at radius 3 is 1.81 bits per heavy atom. The second kappa shape index (κ2) is 25.1.